The topological polar surface area (TPSA) is 99.0 Å². The molecule has 0 aliphatic carbocycles. The highest BCUT2D eigenvalue weighted by molar-refractivity contribution is 8.00. The van der Waals surface area contributed by atoms with Gasteiger partial charge in [-0.25, -0.2) is 9.78 Å². The van der Waals surface area contributed by atoms with Crippen molar-refractivity contribution in [3.63, 3.8) is 0 Å². The van der Waals surface area contributed by atoms with E-state index in [0.717, 1.165) is 17.3 Å². The van der Waals surface area contributed by atoms with Crippen LogP contribution in [0.4, 0.5) is 0 Å². The van der Waals surface area contributed by atoms with Crippen LogP contribution in [0.25, 0.3) is 11.2 Å². The normalized spacial score (nSPS) is 12.3. The molecule has 0 aromatic carbocycles. The summed E-state index contributed by atoms with van der Waals surface area (Å²) >= 11 is 1.16. The number of thioether (sulfide) groups is 1. The molecule has 0 fully saturated rings. The molecule has 1 atom stereocenters. The number of carbonyl (C=O) groups excluding carboxylic acids is 1. The maximum absolute atomic E-state index is 12.2. The molecule has 0 radical (unpaired) electrons. The summed E-state index contributed by atoms with van der Waals surface area (Å²) in [6, 6.07) is 0. The Labute approximate surface area is 136 Å². The zero-order chi connectivity index (χ0) is 17.3. The summed E-state index contributed by atoms with van der Waals surface area (Å²) in [7, 11) is 2.83. The first-order chi connectivity index (χ1) is 10.8. The van der Waals surface area contributed by atoms with Crippen LogP contribution < -0.4 is 11.2 Å². The standard InChI is InChI=1S/C14H18N4O4S/c1-7(2)6-18-9-10(17(4)13(21)16-11(9)19)15-14(18)23-8(3)12(20)22-5/h8H,1,6H2,2-5H3,(H,16,19,21). The second kappa shape index (κ2) is 6.45. The number of rotatable bonds is 5. The minimum Gasteiger partial charge on any atom is -0.468 e. The fourth-order valence-electron chi connectivity index (χ4n) is 2.09. The van der Waals surface area contributed by atoms with Crippen molar-refractivity contribution in [1.29, 1.82) is 0 Å². The molecule has 8 nitrogen and oxygen atoms in total. The smallest absolute Gasteiger partial charge is 0.329 e. The minimum atomic E-state index is -0.542. The van der Waals surface area contributed by atoms with Gasteiger partial charge in [0.2, 0.25) is 0 Å². The first kappa shape index (κ1) is 17.1. The highest BCUT2D eigenvalue weighted by atomic mass is 32.2. The third kappa shape index (κ3) is 3.24. The molecule has 1 N–H and O–H groups in total. The van der Waals surface area contributed by atoms with Crippen LogP contribution in [0.3, 0.4) is 0 Å². The van der Waals surface area contributed by atoms with Crippen molar-refractivity contribution in [2.45, 2.75) is 30.8 Å². The fraction of sp³-hybridized carbons (Fsp3) is 0.429. The molecule has 0 spiro atoms. The third-order valence-corrected chi connectivity index (χ3v) is 4.28. The Bertz CT molecular complexity index is 893. The van der Waals surface area contributed by atoms with Gasteiger partial charge in [0, 0.05) is 13.6 Å². The lowest BCUT2D eigenvalue weighted by Crippen LogP contribution is -2.29. The zero-order valence-corrected chi connectivity index (χ0v) is 14.2. The lowest BCUT2D eigenvalue weighted by atomic mass is 10.3. The second-order valence-corrected chi connectivity index (χ2v) is 6.52. The number of nitrogens with one attached hydrogen (secondary N) is 1. The Kier molecular flexibility index (Phi) is 4.79. The number of imidazole rings is 1. The predicted octanol–water partition coefficient (Wildman–Crippen LogP) is 0.653. The molecule has 0 bridgehead atoms. The summed E-state index contributed by atoms with van der Waals surface area (Å²) in [4.78, 5) is 42.2. The highest BCUT2D eigenvalue weighted by Crippen LogP contribution is 2.26. The molecule has 0 saturated heterocycles. The Morgan fingerprint density at radius 2 is 2.13 bits per heavy atom. The number of allylic oxidation sites excluding steroid dienone is 1. The van der Waals surface area contributed by atoms with E-state index in [1.165, 1.54) is 18.7 Å². The molecule has 2 rings (SSSR count). The lowest BCUT2D eigenvalue weighted by Gasteiger charge is -2.11. The SMILES string of the molecule is C=C(C)Cn1c(SC(C)C(=O)OC)nc2c1c(=O)[nH]c(=O)n2C. The number of aromatic nitrogens is 4. The fourth-order valence-corrected chi connectivity index (χ4v) is 3.02. The summed E-state index contributed by atoms with van der Waals surface area (Å²) < 4.78 is 7.62. The molecule has 23 heavy (non-hydrogen) atoms. The van der Waals surface area contributed by atoms with E-state index in [9.17, 15) is 14.4 Å². The van der Waals surface area contributed by atoms with Gasteiger partial charge >= 0.3 is 11.7 Å². The second-order valence-electron chi connectivity index (χ2n) is 5.21. The van der Waals surface area contributed by atoms with Gasteiger partial charge < -0.3 is 9.30 Å². The summed E-state index contributed by atoms with van der Waals surface area (Å²) in [5.41, 5.74) is 0.286. The van der Waals surface area contributed by atoms with E-state index >= 15 is 0 Å². The number of aromatic amines is 1. The maximum atomic E-state index is 12.2. The van der Waals surface area contributed by atoms with Gasteiger partial charge in [-0.05, 0) is 13.8 Å². The number of hydrogen-bond donors (Lipinski definition) is 1. The maximum Gasteiger partial charge on any atom is 0.329 e. The molecular formula is C14H18N4O4S. The van der Waals surface area contributed by atoms with Crippen LogP contribution in [0.5, 0.6) is 0 Å². The highest BCUT2D eigenvalue weighted by Gasteiger charge is 2.22. The Morgan fingerprint density at radius 3 is 2.70 bits per heavy atom. The molecule has 124 valence electrons. The van der Waals surface area contributed by atoms with Crippen molar-refractivity contribution in [3.05, 3.63) is 33.0 Å². The first-order valence-corrected chi connectivity index (χ1v) is 7.72. The molecule has 9 heteroatoms. The lowest BCUT2D eigenvalue weighted by molar-refractivity contribution is -0.139. The van der Waals surface area contributed by atoms with Crippen LogP contribution in [0.15, 0.2) is 26.9 Å². The van der Waals surface area contributed by atoms with Crippen LogP contribution in [-0.4, -0.2) is 37.4 Å². The van der Waals surface area contributed by atoms with E-state index < -0.39 is 22.5 Å². The number of methoxy groups -OCH3 is 1. The number of ether oxygens (including phenoxy) is 1. The number of esters is 1. The van der Waals surface area contributed by atoms with E-state index in [-0.39, 0.29) is 11.2 Å². The average Bonchev–Trinajstić information content (AvgIpc) is 2.82. The van der Waals surface area contributed by atoms with E-state index in [1.807, 2.05) is 6.92 Å². The number of hydrogen-bond acceptors (Lipinski definition) is 6. The number of carbonyl (C=O) groups is 1. The number of aryl methyl sites for hydroxylation is 1. The van der Waals surface area contributed by atoms with Crippen molar-refractivity contribution in [1.82, 2.24) is 19.1 Å². The van der Waals surface area contributed by atoms with Crippen LogP contribution in [-0.2, 0) is 23.1 Å². The number of H-pyrrole nitrogens is 1. The van der Waals surface area contributed by atoms with Gasteiger partial charge in [0.15, 0.2) is 16.3 Å². The molecule has 0 saturated carbocycles. The van der Waals surface area contributed by atoms with E-state index in [0.29, 0.717) is 11.7 Å². The molecule has 2 aromatic heterocycles. The molecule has 0 aliphatic rings. The summed E-state index contributed by atoms with van der Waals surface area (Å²) in [6.07, 6.45) is 0. The van der Waals surface area contributed by atoms with E-state index in [4.69, 9.17) is 4.74 Å². The largest absolute Gasteiger partial charge is 0.468 e. The minimum absolute atomic E-state index is 0.263. The van der Waals surface area contributed by atoms with Crippen molar-refractivity contribution in [2.75, 3.05) is 7.11 Å². The van der Waals surface area contributed by atoms with Crippen LogP contribution in [0, 0.1) is 0 Å². The van der Waals surface area contributed by atoms with E-state index in [1.54, 1.807) is 11.5 Å². The van der Waals surface area contributed by atoms with Crippen LogP contribution in [0.2, 0.25) is 0 Å². The van der Waals surface area contributed by atoms with Gasteiger partial charge in [0.1, 0.15) is 5.25 Å². The van der Waals surface area contributed by atoms with Crippen molar-refractivity contribution in [3.8, 4) is 0 Å². The summed E-state index contributed by atoms with van der Waals surface area (Å²) in [5.74, 6) is -0.397. The van der Waals surface area contributed by atoms with E-state index in [2.05, 4.69) is 16.5 Å². The van der Waals surface area contributed by atoms with Gasteiger partial charge in [-0.3, -0.25) is 19.1 Å². The van der Waals surface area contributed by atoms with Gasteiger partial charge in [0.25, 0.3) is 5.56 Å². The first-order valence-electron chi connectivity index (χ1n) is 6.84. The average molecular weight is 338 g/mol. The van der Waals surface area contributed by atoms with Crippen molar-refractivity contribution >= 4 is 28.9 Å². The Morgan fingerprint density at radius 1 is 1.48 bits per heavy atom. The molecule has 2 heterocycles. The van der Waals surface area contributed by atoms with Crippen LogP contribution in [0.1, 0.15) is 13.8 Å². The zero-order valence-electron chi connectivity index (χ0n) is 13.4. The van der Waals surface area contributed by atoms with Gasteiger partial charge in [-0.2, -0.15) is 0 Å². The molecule has 1 unspecified atom stereocenters. The molecule has 2 aromatic rings. The summed E-state index contributed by atoms with van der Waals surface area (Å²) in [6.45, 7) is 7.71. The summed E-state index contributed by atoms with van der Waals surface area (Å²) in [5, 5.41) is -0.0515. The third-order valence-electron chi connectivity index (χ3n) is 3.22. The van der Waals surface area contributed by atoms with Gasteiger partial charge in [0.05, 0.1) is 7.11 Å². The monoisotopic (exact) mass is 338 g/mol. The van der Waals surface area contributed by atoms with Gasteiger partial charge in [-0.1, -0.05) is 23.9 Å². The number of nitrogens with zero attached hydrogens (tertiary/aromatic N) is 3. The van der Waals surface area contributed by atoms with Crippen molar-refractivity contribution < 1.29 is 9.53 Å². The quantitative estimate of drug-likeness (QED) is 0.488. The number of fused-ring (bicyclic) bond motifs is 1. The van der Waals surface area contributed by atoms with Crippen molar-refractivity contribution in [2.24, 2.45) is 7.05 Å². The Hall–Kier alpha value is -2.29. The molecular weight excluding hydrogens is 320 g/mol. The Balaban J connectivity index is 2.68. The molecule has 0 amide bonds. The van der Waals surface area contributed by atoms with Gasteiger partial charge in [-0.15, -0.1) is 0 Å². The predicted molar refractivity (Wildman–Crippen MR) is 87.7 cm³/mol. The molecule has 0 aliphatic heterocycles. The van der Waals surface area contributed by atoms with Crippen LogP contribution >= 0.6 is 11.8 Å².